The summed E-state index contributed by atoms with van der Waals surface area (Å²) in [5, 5.41) is 0. The molecular weight excluding hydrogens is 324 g/mol. The molecule has 1 aliphatic rings. The predicted octanol–water partition coefficient (Wildman–Crippen LogP) is 1.76. The Bertz CT molecular complexity index is 533. The number of halogens is 1. The van der Waals surface area contributed by atoms with Crippen LogP contribution in [0.3, 0.4) is 0 Å². The monoisotopic (exact) mass is 340 g/mol. The minimum absolute atomic E-state index is 0.0353. The molecule has 0 unspecified atom stereocenters. The summed E-state index contributed by atoms with van der Waals surface area (Å²) >= 11 is 3.35. The van der Waals surface area contributed by atoms with E-state index in [2.05, 4.69) is 15.9 Å². The number of nitrogens with zero attached hydrogens (tertiary/aromatic N) is 2. The normalized spacial score (nSPS) is 16.1. The number of rotatable bonds is 2. The van der Waals surface area contributed by atoms with Gasteiger partial charge in [0.15, 0.2) is 0 Å². The van der Waals surface area contributed by atoms with Crippen molar-refractivity contribution in [3.8, 4) is 5.75 Å². The fraction of sp³-hybridized carbons (Fsp3) is 0.429. The Kier molecular flexibility index (Phi) is 4.65. The van der Waals surface area contributed by atoms with E-state index in [1.807, 2.05) is 0 Å². The Morgan fingerprint density at radius 2 is 2.10 bits per heavy atom. The molecule has 0 aromatic heterocycles. The minimum Gasteiger partial charge on any atom is -0.496 e. The van der Waals surface area contributed by atoms with Crippen LogP contribution in [0.5, 0.6) is 5.75 Å². The van der Waals surface area contributed by atoms with Crippen molar-refractivity contribution >= 4 is 27.7 Å². The average Bonchev–Trinajstić information content (AvgIpc) is 2.60. The maximum Gasteiger partial charge on any atom is 0.258 e. The third-order valence-electron chi connectivity index (χ3n) is 3.35. The number of hydrogen-bond donors (Lipinski definition) is 0. The fourth-order valence-corrected chi connectivity index (χ4v) is 2.51. The Balaban J connectivity index is 2.24. The first kappa shape index (κ1) is 14.8. The minimum atomic E-state index is -0.169. The van der Waals surface area contributed by atoms with Crippen LogP contribution in [0.2, 0.25) is 0 Å². The Morgan fingerprint density at radius 3 is 2.80 bits per heavy atom. The van der Waals surface area contributed by atoms with Crippen LogP contribution in [0.1, 0.15) is 16.8 Å². The highest BCUT2D eigenvalue weighted by Crippen LogP contribution is 2.25. The van der Waals surface area contributed by atoms with Crippen molar-refractivity contribution in [1.29, 1.82) is 0 Å². The van der Waals surface area contributed by atoms with E-state index in [1.54, 1.807) is 35.0 Å². The molecule has 0 aliphatic carbocycles. The van der Waals surface area contributed by atoms with Gasteiger partial charge in [-0.1, -0.05) is 15.9 Å². The van der Waals surface area contributed by atoms with E-state index in [4.69, 9.17) is 4.74 Å². The summed E-state index contributed by atoms with van der Waals surface area (Å²) in [7, 11) is 3.29. The summed E-state index contributed by atoms with van der Waals surface area (Å²) in [5.41, 5.74) is 0.480. The van der Waals surface area contributed by atoms with Crippen molar-refractivity contribution in [2.24, 2.45) is 0 Å². The summed E-state index contributed by atoms with van der Waals surface area (Å²) < 4.78 is 6.09. The molecule has 20 heavy (non-hydrogen) atoms. The van der Waals surface area contributed by atoms with Crippen molar-refractivity contribution in [3.63, 3.8) is 0 Å². The lowest BCUT2D eigenvalue weighted by molar-refractivity contribution is -0.129. The number of likely N-dealkylation sites (N-methyl/N-ethyl adjacent to an activating group) is 1. The van der Waals surface area contributed by atoms with Gasteiger partial charge in [-0.2, -0.15) is 0 Å². The summed E-state index contributed by atoms with van der Waals surface area (Å²) in [6.45, 7) is 1.38. The van der Waals surface area contributed by atoms with E-state index in [9.17, 15) is 9.59 Å². The molecule has 0 bridgehead atoms. The van der Waals surface area contributed by atoms with Crippen LogP contribution in [-0.2, 0) is 4.79 Å². The lowest BCUT2D eigenvalue weighted by atomic mass is 10.1. The number of methoxy groups -OCH3 is 1. The molecule has 1 aliphatic heterocycles. The molecule has 0 N–H and O–H groups in total. The van der Waals surface area contributed by atoms with Crippen LogP contribution < -0.4 is 4.74 Å². The molecule has 0 saturated carbocycles. The number of amides is 2. The van der Waals surface area contributed by atoms with E-state index in [0.717, 1.165) is 10.9 Å². The zero-order valence-electron chi connectivity index (χ0n) is 11.6. The number of carbonyl (C=O) groups is 2. The first-order valence-electron chi connectivity index (χ1n) is 6.39. The molecular formula is C14H17BrN2O3. The van der Waals surface area contributed by atoms with E-state index >= 15 is 0 Å². The van der Waals surface area contributed by atoms with Crippen LogP contribution in [0.15, 0.2) is 22.7 Å². The zero-order valence-corrected chi connectivity index (χ0v) is 13.1. The predicted molar refractivity (Wildman–Crippen MR) is 78.9 cm³/mol. The molecule has 0 radical (unpaired) electrons. The highest BCUT2D eigenvalue weighted by Gasteiger charge is 2.25. The van der Waals surface area contributed by atoms with Crippen molar-refractivity contribution in [3.05, 3.63) is 28.2 Å². The van der Waals surface area contributed by atoms with Crippen LogP contribution in [0.25, 0.3) is 0 Å². The first-order chi connectivity index (χ1) is 9.52. The lowest BCUT2D eigenvalue weighted by Crippen LogP contribution is -2.38. The van der Waals surface area contributed by atoms with Gasteiger partial charge in [-0.3, -0.25) is 9.59 Å². The van der Waals surface area contributed by atoms with Crippen LogP contribution >= 0.6 is 15.9 Å². The van der Waals surface area contributed by atoms with Gasteiger partial charge >= 0.3 is 0 Å². The van der Waals surface area contributed by atoms with Crippen molar-refractivity contribution in [2.45, 2.75) is 6.42 Å². The van der Waals surface area contributed by atoms with Gasteiger partial charge in [0.2, 0.25) is 5.91 Å². The lowest BCUT2D eigenvalue weighted by Gasteiger charge is -2.21. The number of benzene rings is 1. The first-order valence-corrected chi connectivity index (χ1v) is 7.19. The Labute approximate surface area is 126 Å². The molecule has 2 rings (SSSR count). The number of ether oxygens (including phenoxy) is 1. The van der Waals surface area contributed by atoms with Gasteiger partial charge in [-0.15, -0.1) is 0 Å². The SMILES string of the molecule is COc1cc(Br)ccc1C(=O)N1CCCN(C)C(=O)C1. The maximum absolute atomic E-state index is 12.6. The molecule has 1 aromatic carbocycles. The van der Waals surface area contributed by atoms with Crippen molar-refractivity contribution < 1.29 is 14.3 Å². The topological polar surface area (TPSA) is 49.9 Å². The number of carbonyl (C=O) groups excluding carboxylic acids is 2. The van der Waals surface area contributed by atoms with E-state index in [0.29, 0.717) is 24.4 Å². The van der Waals surface area contributed by atoms with E-state index < -0.39 is 0 Å². The molecule has 108 valence electrons. The molecule has 1 fully saturated rings. The summed E-state index contributed by atoms with van der Waals surface area (Å²) in [5.74, 6) is 0.305. The van der Waals surface area contributed by atoms with Gasteiger partial charge in [0.25, 0.3) is 5.91 Å². The molecule has 0 spiro atoms. The molecule has 2 amide bonds. The van der Waals surface area contributed by atoms with Gasteiger partial charge in [0.1, 0.15) is 12.3 Å². The second kappa shape index (κ2) is 6.26. The molecule has 6 heteroatoms. The molecule has 1 aromatic rings. The highest BCUT2D eigenvalue weighted by atomic mass is 79.9. The number of hydrogen-bond acceptors (Lipinski definition) is 3. The smallest absolute Gasteiger partial charge is 0.258 e. The van der Waals surface area contributed by atoms with Crippen LogP contribution in [0.4, 0.5) is 0 Å². The Hall–Kier alpha value is -1.56. The summed E-state index contributed by atoms with van der Waals surface area (Å²) in [4.78, 5) is 27.7. The van der Waals surface area contributed by atoms with Gasteiger partial charge < -0.3 is 14.5 Å². The molecule has 0 atom stereocenters. The third kappa shape index (κ3) is 3.12. The molecule has 1 saturated heterocycles. The van der Waals surface area contributed by atoms with Crippen molar-refractivity contribution in [2.75, 3.05) is 33.8 Å². The standard InChI is InChI=1S/C14H17BrN2O3/c1-16-6-3-7-17(9-13(16)18)14(19)11-5-4-10(15)8-12(11)20-2/h4-5,8H,3,6-7,9H2,1-2H3. The third-order valence-corrected chi connectivity index (χ3v) is 3.85. The maximum atomic E-state index is 12.6. The largest absolute Gasteiger partial charge is 0.496 e. The van der Waals surface area contributed by atoms with E-state index in [-0.39, 0.29) is 18.4 Å². The summed E-state index contributed by atoms with van der Waals surface area (Å²) in [6.07, 6.45) is 0.785. The van der Waals surface area contributed by atoms with Gasteiger partial charge in [-0.25, -0.2) is 0 Å². The second-order valence-electron chi connectivity index (χ2n) is 4.74. The van der Waals surface area contributed by atoms with Gasteiger partial charge in [0, 0.05) is 24.6 Å². The van der Waals surface area contributed by atoms with Crippen LogP contribution in [-0.4, -0.2) is 55.4 Å². The van der Waals surface area contributed by atoms with E-state index in [1.165, 1.54) is 7.11 Å². The highest BCUT2D eigenvalue weighted by molar-refractivity contribution is 9.10. The van der Waals surface area contributed by atoms with Crippen LogP contribution in [0, 0.1) is 0 Å². The van der Waals surface area contributed by atoms with Gasteiger partial charge in [-0.05, 0) is 24.6 Å². The average molecular weight is 341 g/mol. The zero-order chi connectivity index (χ0) is 14.7. The molecule has 5 nitrogen and oxygen atoms in total. The summed E-state index contributed by atoms with van der Waals surface area (Å²) in [6, 6.07) is 5.25. The Morgan fingerprint density at radius 1 is 1.35 bits per heavy atom. The fourth-order valence-electron chi connectivity index (χ4n) is 2.17. The van der Waals surface area contributed by atoms with Crippen molar-refractivity contribution in [1.82, 2.24) is 9.80 Å². The quantitative estimate of drug-likeness (QED) is 0.824. The second-order valence-corrected chi connectivity index (χ2v) is 5.66. The van der Waals surface area contributed by atoms with Gasteiger partial charge in [0.05, 0.1) is 12.7 Å². The molecule has 1 heterocycles.